The first kappa shape index (κ1) is 17.2. The van der Waals surface area contributed by atoms with Crippen LogP contribution < -0.4 is 0 Å². The Balaban J connectivity index is 1.72. The number of imide groups is 1. The van der Waals surface area contributed by atoms with E-state index in [1.807, 2.05) is 25.1 Å². The fraction of sp³-hybridized carbons (Fsp3) is 0.500. The van der Waals surface area contributed by atoms with E-state index in [0.29, 0.717) is 18.5 Å². The fourth-order valence-electron chi connectivity index (χ4n) is 3.75. The summed E-state index contributed by atoms with van der Waals surface area (Å²) in [5.41, 5.74) is 0.622. The van der Waals surface area contributed by atoms with Crippen LogP contribution in [-0.4, -0.2) is 44.5 Å². The number of benzene rings is 1. The number of likely N-dealkylation sites (tertiary alicyclic amines) is 1. The molecule has 1 heterocycles. The standard InChI is InChI=1S/C18H21NO4S/c1-12-6-5-11-19(12,18(22)23)16(20)14-9-10-15(14)24-17(21)13-7-3-2-4-8-13/h2-4,7-8,12,14-15H,5-6,9-11H2,1H3/p+1/t12-,14?,15?,19?/m1/s1. The van der Waals surface area contributed by atoms with Crippen molar-refractivity contribution in [2.24, 2.45) is 5.92 Å². The van der Waals surface area contributed by atoms with E-state index in [0.717, 1.165) is 19.3 Å². The van der Waals surface area contributed by atoms with Gasteiger partial charge in [-0.15, -0.1) is 0 Å². The Bertz CT molecular complexity index is 662. The molecule has 3 unspecified atom stereocenters. The molecule has 0 bridgehead atoms. The maximum Gasteiger partial charge on any atom is 0.521 e. The third-order valence-corrected chi connectivity index (χ3v) is 6.73. The van der Waals surface area contributed by atoms with E-state index in [9.17, 15) is 19.5 Å². The van der Waals surface area contributed by atoms with Crippen LogP contribution in [0.4, 0.5) is 4.79 Å². The second-order valence-electron chi connectivity index (χ2n) is 6.70. The van der Waals surface area contributed by atoms with Gasteiger partial charge in [-0.05, 0) is 19.8 Å². The van der Waals surface area contributed by atoms with Crippen molar-refractivity contribution in [1.29, 1.82) is 0 Å². The van der Waals surface area contributed by atoms with Crippen molar-refractivity contribution in [3.8, 4) is 0 Å². The zero-order valence-corrected chi connectivity index (χ0v) is 14.5. The summed E-state index contributed by atoms with van der Waals surface area (Å²) in [6, 6.07) is 8.82. The predicted molar refractivity (Wildman–Crippen MR) is 91.7 cm³/mol. The largest absolute Gasteiger partial charge is 0.521 e. The van der Waals surface area contributed by atoms with Crippen LogP contribution in [0.25, 0.3) is 0 Å². The van der Waals surface area contributed by atoms with Crippen molar-refractivity contribution < 1.29 is 24.0 Å². The number of carbonyl (C=O) groups excluding carboxylic acids is 2. The first-order chi connectivity index (χ1) is 11.5. The van der Waals surface area contributed by atoms with E-state index < -0.39 is 10.6 Å². The van der Waals surface area contributed by atoms with Gasteiger partial charge in [-0.3, -0.25) is 4.79 Å². The Kier molecular flexibility index (Phi) is 4.78. The predicted octanol–water partition coefficient (Wildman–Crippen LogP) is 3.54. The maximum atomic E-state index is 13.0. The average molecular weight is 348 g/mol. The molecule has 0 aromatic heterocycles. The number of carbonyl (C=O) groups is 3. The number of quaternary nitrogens is 1. The molecule has 0 spiro atoms. The summed E-state index contributed by atoms with van der Waals surface area (Å²) < 4.78 is -0.457. The minimum absolute atomic E-state index is 0.0468. The molecule has 1 aromatic carbocycles. The van der Waals surface area contributed by atoms with Crippen LogP contribution in [0, 0.1) is 5.92 Å². The van der Waals surface area contributed by atoms with E-state index >= 15 is 0 Å². The highest BCUT2D eigenvalue weighted by Crippen LogP contribution is 2.43. The van der Waals surface area contributed by atoms with Crippen molar-refractivity contribution in [3.05, 3.63) is 35.9 Å². The van der Waals surface area contributed by atoms with Crippen molar-refractivity contribution in [3.63, 3.8) is 0 Å². The molecule has 2 aliphatic rings. The first-order valence-electron chi connectivity index (χ1n) is 8.38. The van der Waals surface area contributed by atoms with Crippen LogP contribution in [0.1, 0.15) is 43.0 Å². The smallest absolute Gasteiger partial charge is 0.435 e. The molecule has 4 atom stereocenters. The highest BCUT2D eigenvalue weighted by Gasteiger charge is 2.58. The SMILES string of the molecule is C[C@@H]1CCC[N+]1(C(=O)O)C(=O)C1CCC1SC(=O)c1ccccc1. The fourth-order valence-corrected chi connectivity index (χ4v) is 4.97. The second kappa shape index (κ2) is 6.69. The maximum absolute atomic E-state index is 13.0. The topological polar surface area (TPSA) is 71.4 Å². The van der Waals surface area contributed by atoms with E-state index in [2.05, 4.69) is 0 Å². The van der Waals surface area contributed by atoms with Crippen molar-refractivity contribution in [2.45, 2.75) is 43.9 Å². The number of carboxylic acid groups (broad SMARTS) is 1. The zero-order valence-electron chi connectivity index (χ0n) is 13.7. The van der Waals surface area contributed by atoms with Gasteiger partial charge < -0.3 is 5.11 Å². The van der Waals surface area contributed by atoms with Crippen LogP contribution in [0.15, 0.2) is 30.3 Å². The van der Waals surface area contributed by atoms with Crippen LogP contribution in [0.5, 0.6) is 0 Å². The lowest BCUT2D eigenvalue weighted by molar-refractivity contribution is -0.794. The van der Waals surface area contributed by atoms with Gasteiger partial charge in [0, 0.05) is 23.7 Å². The summed E-state index contributed by atoms with van der Waals surface area (Å²) >= 11 is 1.18. The first-order valence-corrected chi connectivity index (χ1v) is 9.26. The van der Waals surface area contributed by atoms with E-state index in [1.165, 1.54) is 11.8 Å². The molecule has 2 fully saturated rings. The summed E-state index contributed by atoms with van der Waals surface area (Å²) in [5, 5.41) is 9.55. The van der Waals surface area contributed by atoms with Gasteiger partial charge in [-0.25, -0.2) is 4.79 Å². The number of hydrogen-bond donors (Lipinski definition) is 1. The van der Waals surface area contributed by atoms with Gasteiger partial charge in [-0.2, -0.15) is 9.28 Å². The Morgan fingerprint density at radius 3 is 2.33 bits per heavy atom. The highest BCUT2D eigenvalue weighted by molar-refractivity contribution is 8.14. The number of nitrogens with zero attached hydrogens (tertiary/aromatic N) is 1. The van der Waals surface area contributed by atoms with Gasteiger partial charge in [0.05, 0.1) is 12.5 Å². The van der Waals surface area contributed by atoms with Crippen LogP contribution in [-0.2, 0) is 4.79 Å². The van der Waals surface area contributed by atoms with Crippen LogP contribution >= 0.6 is 11.8 Å². The monoisotopic (exact) mass is 348 g/mol. The molecule has 3 rings (SSSR count). The Labute approximate surface area is 145 Å². The van der Waals surface area contributed by atoms with E-state index in [4.69, 9.17) is 0 Å². The molecule has 1 saturated heterocycles. The molecule has 1 aliphatic carbocycles. The van der Waals surface area contributed by atoms with Gasteiger partial charge in [0.1, 0.15) is 6.04 Å². The van der Waals surface area contributed by atoms with Gasteiger partial charge in [0.2, 0.25) is 5.12 Å². The number of amides is 2. The van der Waals surface area contributed by atoms with Gasteiger partial charge in [0.25, 0.3) is 0 Å². The van der Waals surface area contributed by atoms with Crippen molar-refractivity contribution >= 4 is 28.9 Å². The molecule has 1 saturated carbocycles. The normalized spacial score (nSPS) is 32.1. The van der Waals surface area contributed by atoms with Crippen molar-refractivity contribution in [2.75, 3.05) is 6.54 Å². The lowest BCUT2D eigenvalue weighted by Gasteiger charge is -2.39. The van der Waals surface area contributed by atoms with E-state index in [-0.39, 0.29) is 28.2 Å². The molecule has 1 aromatic rings. The molecule has 6 heteroatoms. The zero-order chi connectivity index (χ0) is 17.3. The van der Waals surface area contributed by atoms with Gasteiger partial charge in [0.15, 0.2) is 0 Å². The molecule has 1 aliphatic heterocycles. The average Bonchev–Trinajstić information content (AvgIpc) is 2.94. The summed E-state index contributed by atoms with van der Waals surface area (Å²) in [7, 11) is 0. The molecule has 24 heavy (non-hydrogen) atoms. The van der Waals surface area contributed by atoms with E-state index in [1.54, 1.807) is 12.1 Å². The lowest BCUT2D eigenvalue weighted by Crippen LogP contribution is -2.63. The summed E-state index contributed by atoms with van der Waals surface area (Å²) in [4.78, 5) is 37.2. The Morgan fingerprint density at radius 2 is 1.83 bits per heavy atom. The van der Waals surface area contributed by atoms with Crippen LogP contribution in [0.3, 0.4) is 0 Å². The molecule has 2 amide bonds. The third-order valence-electron chi connectivity index (χ3n) is 5.42. The quantitative estimate of drug-likeness (QED) is 0.846. The summed E-state index contributed by atoms with van der Waals surface area (Å²) in [5.74, 6) is -0.545. The summed E-state index contributed by atoms with van der Waals surface area (Å²) in [6.07, 6.45) is 1.93. The molecular weight excluding hydrogens is 326 g/mol. The Hall–Kier alpha value is -1.66. The number of thioether (sulfide) groups is 1. The summed E-state index contributed by atoms with van der Waals surface area (Å²) in [6.45, 7) is 2.21. The molecule has 1 N–H and O–H groups in total. The number of rotatable bonds is 3. The lowest BCUT2D eigenvalue weighted by atomic mass is 9.82. The van der Waals surface area contributed by atoms with Crippen molar-refractivity contribution in [1.82, 2.24) is 0 Å². The molecule has 128 valence electrons. The van der Waals surface area contributed by atoms with Gasteiger partial charge in [-0.1, -0.05) is 42.1 Å². The van der Waals surface area contributed by atoms with Gasteiger partial charge >= 0.3 is 12.0 Å². The second-order valence-corrected chi connectivity index (χ2v) is 7.91. The molecule has 0 radical (unpaired) electrons. The third kappa shape index (κ3) is 2.78. The molecule has 5 nitrogen and oxygen atoms in total. The highest BCUT2D eigenvalue weighted by atomic mass is 32.2. The Morgan fingerprint density at radius 1 is 1.12 bits per heavy atom. The minimum Gasteiger partial charge on any atom is -0.435 e. The van der Waals surface area contributed by atoms with Crippen LogP contribution in [0.2, 0.25) is 0 Å². The minimum atomic E-state index is -1.05. The number of hydrogen-bond acceptors (Lipinski definition) is 4. The molecular formula is C18H22NO4S+.